The standard InChI is InChI=1S/C22H19N5O2S/c1-15(27-20(28)10-9-19(26-27)17-8-5-11-23-12-17)21(29)24-13-18-14-30-22(25-18)16-6-3-2-4-7-16/h2-12,14-15H,13H2,1H3,(H,24,29). The van der Waals surface area contributed by atoms with Crippen molar-refractivity contribution in [2.24, 2.45) is 0 Å². The minimum absolute atomic E-state index is 0.281. The number of thiazole rings is 1. The zero-order chi connectivity index (χ0) is 20.9. The Morgan fingerprint density at radius 2 is 1.90 bits per heavy atom. The molecule has 0 bridgehead atoms. The Kier molecular flexibility index (Phi) is 5.76. The van der Waals surface area contributed by atoms with Crippen molar-refractivity contribution in [1.29, 1.82) is 0 Å². The molecule has 3 aromatic heterocycles. The van der Waals surface area contributed by atoms with Gasteiger partial charge in [0.05, 0.1) is 17.9 Å². The highest BCUT2D eigenvalue weighted by atomic mass is 32.1. The quantitative estimate of drug-likeness (QED) is 0.520. The van der Waals surface area contributed by atoms with Crippen LogP contribution in [0.4, 0.5) is 0 Å². The second-order valence-electron chi connectivity index (χ2n) is 6.65. The van der Waals surface area contributed by atoms with Gasteiger partial charge in [-0.1, -0.05) is 30.3 Å². The van der Waals surface area contributed by atoms with Crippen LogP contribution in [0.5, 0.6) is 0 Å². The second-order valence-corrected chi connectivity index (χ2v) is 7.50. The van der Waals surface area contributed by atoms with Gasteiger partial charge < -0.3 is 5.32 Å². The predicted molar refractivity (Wildman–Crippen MR) is 116 cm³/mol. The fraction of sp³-hybridized carbons (Fsp3) is 0.136. The van der Waals surface area contributed by atoms with Gasteiger partial charge in [-0.25, -0.2) is 9.67 Å². The first kappa shape index (κ1) is 19.7. The van der Waals surface area contributed by atoms with Crippen molar-refractivity contribution in [3.8, 4) is 21.8 Å². The summed E-state index contributed by atoms with van der Waals surface area (Å²) in [4.78, 5) is 33.6. The summed E-state index contributed by atoms with van der Waals surface area (Å²) < 4.78 is 1.19. The molecule has 1 amide bonds. The highest BCUT2D eigenvalue weighted by molar-refractivity contribution is 7.13. The molecular weight excluding hydrogens is 398 g/mol. The van der Waals surface area contributed by atoms with Gasteiger partial charge in [-0.15, -0.1) is 11.3 Å². The van der Waals surface area contributed by atoms with E-state index in [1.54, 1.807) is 31.5 Å². The lowest BCUT2D eigenvalue weighted by atomic mass is 10.2. The first-order valence-corrected chi connectivity index (χ1v) is 10.3. The van der Waals surface area contributed by atoms with Crippen LogP contribution in [0.2, 0.25) is 0 Å². The molecule has 0 saturated carbocycles. The number of benzene rings is 1. The molecule has 1 atom stereocenters. The third kappa shape index (κ3) is 4.33. The molecule has 0 aliphatic heterocycles. The lowest BCUT2D eigenvalue weighted by Gasteiger charge is -2.14. The van der Waals surface area contributed by atoms with E-state index in [2.05, 4.69) is 20.4 Å². The molecule has 0 aliphatic carbocycles. The number of carbonyl (C=O) groups is 1. The number of nitrogens with one attached hydrogen (secondary N) is 1. The lowest BCUT2D eigenvalue weighted by Crippen LogP contribution is -2.36. The van der Waals surface area contributed by atoms with E-state index in [0.717, 1.165) is 21.8 Å². The third-order valence-electron chi connectivity index (χ3n) is 4.54. The molecule has 30 heavy (non-hydrogen) atoms. The minimum Gasteiger partial charge on any atom is -0.349 e. The maximum absolute atomic E-state index is 12.6. The Morgan fingerprint density at radius 1 is 1.10 bits per heavy atom. The van der Waals surface area contributed by atoms with E-state index in [-0.39, 0.29) is 18.0 Å². The zero-order valence-electron chi connectivity index (χ0n) is 16.2. The average Bonchev–Trinajstić information content (AvgIpc) is 3.28. The summed E-state index contributed by atoms with van der Waals surface area (Å²) in [6, 6.07) is 15.8. The largest absolute Gasteiger partial charge is 0.349 e. The minimum atomic E-state index is -0.763. The Bertz CT molecular complexity index is 1200. The van der Waals surface area contributed by atoms with Gasteiger partial charge in [0, 0.05) is 35.0 Å². The van der Waals surface area contributed by atoms with Crippen LogP contribution in [0.25, 0.3) is 21.8 Å². The van der Waals surface area contributed by atoms with E-state index < -0.39 is 6.04 Å². The summed E-state index contributed by atoms with van der Waals surface area (Å²) >= 11 is 1.53. The Hall–Kier alpha value is -3.65. The predicted octanol–water partition coefficient (Wildman–Crippen LogP) is 3.31. The van der Waals surface area contributed by atoms with Gasteiger partial charge in [0.15, 0.2) is 0 Å². The van der Waals surface area contributed by atoms with Crippen molar-refractivity contribution in [1.82, 2.24) is 25.1 Å². The van der Waals surface area contributed by atoms with Crippen LogP contribution >= 0.6 is 11.3 Å². The van der Waals surface area contributed by atoms with E-state index in [1.807, 2.05) is 41.8 Å². The van der Waals surface area contributed by atoms with E-state index >= 15 is 0 Å². The number of aromatic nitrogens is 4. The normalized spacial score (nSPS) is 11.8. The molecule has 0 radical (unpaired) electrons. The smallest absolute Gasteiger partial charge is 0.267 e. The Morgan fingerprint density at radius 3 is 2.67 bits per heavy atom. The molecule has 4 aromatic rings. The highest BCUT2D eigenvalue weighted by Gasteiger charge is 2.18. The molecule has 0 fully saturated rings. The maximum Gasteiger partial charge on any atom is 0.267 e. The van der Waals surface area contributed by atoms with E-state index in [1.165, 1.54) is 22.1 Å². The van der Waals surface area contributed by atoms with Crippen LogP contribution in [-0.2, 0) is 11.3 Å². The Labute approximate surface area is 177 Å². The lowest BCUT2D eigenvalue weighted by molar-refractivity contribution is -0.124. The monoisotopic (exact) mass is 417 g/mol. The summed E-state index contributed by atoms with van der Waals surface area (Å²) in [5, 5.41) is 10.0. The topological polar surface area (TPSA) is 89.8 Å². The Balaban J connectivity index is 1.46. The molecule has 3 heterocycles. The van der Waals surface area contributed by atoms with Crippen LogP contribution in [-0.4, -0.2) is 25.7 Å². The average molecular weight is 417 g/mol. The van der Waals surface area contributed by atoms with Crippen molar-refractivity contribution >= 4 is 17.2 Å². The SMILES string of the molecule is CC(C(=O)NCc1csc(-c2ccccc2)n1)n1nc(-c2cccnc2)ccc1=O. The van der Waals surface area contributed by atoms with E-state index in [4.69, 9.17) is 0 Å². The summed E-state index contributed by atoms with van der Waals surface area (Å²) in [5.74, 6) is -0.304. The summed E-state index contributed by atoms with van der Waals surface area (Å²) in [5.41, 5.74) is 2.81. The fourth-order valence-electron chi connectivity index (χ4n) is 2.91. The number of amides is 1. The van der Waals surface area contributed by atoms with Crippen LogP contribution in [0.1, 0.15) is 18.7 Å². The number of nitrogens with zero attached hydrogens (tertiary/aromatic N) is 4. The summed E-state index contributed by atoms with van der Waals surface area (Å²) in [6.07, 6.45) is 3.33. The highest BCUT2D eigenvalue weighted by Crippen LogP contribution is 2.23. The van der Waals surface area contributed by atoms with Crippen LogP contribution in [0.3, 0.4) is 0 Å². The van der Waals surface area contributed by atoms with Crippen molar-refractivity contribution in [3.05, 3.63) is 88.4 Å². The summed E-state index contributed by atoms with van der Waals surface area (Å²) in [6.45, 7) is 1.93. The van der Waals surface area contributed by atoms with Crippen molar-refractivity contribution < 1.29 is 4.79 Å². The molecular formula is C22H19N5O2S. The maximum atomic E-state index is 12.6. The molecule has 0 spiro atoms. The van der Waals surface area contributed by atoms with Gasteiger partial charge in [-0.2, -0.15) is 5.10 Å². The first-order chi connectivity index (χ1) is 14.6. The molecule has 7 nitrogen and oxygen atoms in total. The molecule has 1 unspecified atom stereocenters. The van der Waals surface area contributed by atoms with Crippen molar-refractivity contribution in [2.75, 3.05) is 0 Å². The second kappa shape index (κ2) is 8.79. The summed E-state index contributed by atoms with van der Waals surface area (Å²) in [7, 11) is 0. The molecule has 8 heteroatoms. The van der Waals surface area contributed by atoms with Crippen LogP contribution < -0.4 is 10.9 Å². The third-order valence-corrected chi connectivity index (χ3v) is 5.49. The number of pyridine rings is 1. The first-order valence-electron chi connectivity index (χ1n) is 9.39. The van der Waals surface area contributed by atoms with Crippen LogP contribution in [0.15, 0.2) is 77.2 Å². The molecule has 4 rings (SSSR count). The van der Waals surface area contributed by atoms with Gasteiger partial charge in [0.2, 0.25) is 5.91 Å². The molecule has 150 valence electrons. The fourth-order valence-corrected chi connectivity index (χ4v) is 3.73. The zero-order valence-corrected chi connectivity index (χ0v) is 17.0. The van der Waals surface area contributed by atoms with E-state index in [0.29, 0.717) is 5.69 Å². The van der Waals surface area contributed by atoms with Crippen molar-refractivity contribution in [3.63, 3.8) is 0 Å². The number of hydrogen-bond donors (Lipinski definition) is 1. The van der Waals surface area contributed by atoms with E-state index in [9.17, 15) is 9.59 Å². The van der Waals surface area contributed by atoms with Gasteiger partial charge in [0.1, 0.15) is 11.0 Å². The number of rotatable bonds is 6. The molecule has 0 aliphatic rings. The number of carbonyl (C=O) groups excluding carboxylic acids is 1. The van der Waals surface area contributed by atoms with Crippen molar-refractivity contribution in [2.45, 2.75) is 19.5 Å². The van der Waals surface area contributed by atoms with Gasteiger partial charge in [-0.05, 0) is 25.1 Å². The van der Waals surface area contributed by atoms with Gasteiger partial charge >= 0.3 is 0 Å². The van der Waals surface area contributed by atoms with Gasteiger partial charge in [-0.3, -0.25) is 14.6 Å². The van der Waals surface area contributed by atoms with Gasteiger partial charge in [0.25, 0.3) is 5.56 Å². The molecule has 0 saturated heterocycles. The van der Waals surface area contributed by atoms with Crippen LogP contribution in [0, 0.1) is 0 Å². The number of hydrogen-bond acceptors (Lipinski definition) is 6. The molecule has 1 N–H and O–H groups in total. The molecule has 1 aromatic carbocycles.